The average molecular weight is 991 g/mol. The van der Waals surface area contributed by atoms with E-state index in [1.54, 1.807) is 0 Å². The number of nitrogens with zero attached hydrogens (tertiary/aromatic N) is 2. The average Bonchev–Trinajstić information content (AvgIpc) is 3.97. The van der Waals surface area contributed by atoms with Gasteiger partial charge in [-0.1, -0.05) is 228 Å². The molecule has 3 heteroatoms. The molecule has 0 saturated heterocycles. The van der Waals surface area contributed by atoms with Crippen molar-refractivity contribution in [1.82, 2.24) is 9.13 Å². The molecule has 1 spiro atoms. The van der Waals surface area contributed by atoms with Gasteiger partial charge in [0.05, 0.1) is 22.1 Å². The molecular weight excluding hydrogens is 916 g/mol. The fraction of sp³-hybridized carbons (Fsp3) is 0.342. The summed E-state index contributed by atoms with van der Waals surface area (Å²) in [6.45, 7) is 43.2. The summed E-state index contributed by atoms with van der Waals surface area (Å²) in [7, 11) is 0. The van der Waals surface area contributed by atoms with E-state index >= 15 is 0 Å². The number of benzene rings is 8. The van der Waals surface area contributed by atoms with Crippen LogP contribution in [0.25, 0.3) is 77.2 Å². The summed E-state index contributed by atoms with van der Waals surface area (Å²) < 4.78 is 5.61. The molecule has 0 N–H and O–H groups in total. The van der Waals surface area contributed by atoms with Crippen molar-refractivity contribution in [1.29, 1.82) is 0 Å². The molecule has 0 bridgehead atoms. The van der Waals surface area contributed by atoms with Crippen molar-refractivity contribution in [3.8, 4) is 33.6 Å². The molecule has 5 heterocycles. The Morgan fingerprint density at radius 2 is 0.829 bits per heavy atom. The summed E-state index contributed by atoms with van der Waals surface area (Å²) in [5.41, 5.74) is 30.4. The van der Waals surface area contributed by atoms with E-state index in [1.807, 2.05) is 0 Å². The molecular formula is C73H75BN2. The van der Waals surface area contributed by atoms with Crippen LogP contribution in [0.1, 0.15) is 180 Å². The van der Waals surface area contributed by atoms with E-state index < -0.39 is 5.41 Å². The van der Waals surface area contributed by atoms with E-state index in [9.17, 15) is 0 Å². The maximum atomic E-state index is 2.84. The van der Waals surface area contributed by atoms with Crippen molar-refractivity contribution in [2.45, 2.75) is 163 Å². The Balaban J connectivity index is 1.31. The zero-order valence-corrected chi connectivity index (χ0v) is 48.6. The summed E-state index contributed by atoms with van der Waals surface area (Å²) in [5.74, 6) is 0. The first-order chi connectivity index (χ1) is 35.5. The number of aromatic nitrogens is 2. The first kappa shape index (κ1) is 47.8. The highest BCUT2D eigenvalue weighted by atomic mass is 15.1. The Hall–Kier alpha value is -6.58. The highest BCUT2D eigenvalue weighted by Gasteiger charge is 2.56. The lowest BCUT2D eigenvalue weighted by molar-refractivity contribution is 0.583. The number of rotatable bonds is 1. The normalized spacial score (nSPS) is 15.3. The Bertz CT molecular complexity index is 4190. The molecule has 2 nitrogen and oxygen atoms in total. The van der Waals surface area contributed by atoms with Crippen molar-refractivity contribution in [2.75, 3.05) is 0 Å². The molecule has 76 heavy (non-hydrogen) atoms. The predicted octanol–water partition coefficient (Wildman–Crippen LogP) is 17.2. The third-order valence-corrected chi connectivity index (χ3v) is 18.8. The van der Waals surface area contributed by atoms with Crippen LogP contribution in [0.2, 0.25) is 0 Å². The van der Waals surface area contributed by atoms with Gasteiger partial charge in [-0.05, 0) is 145 Å². The molecule has 0 atom stereocenters. The lowest BCUT2D eigenvalue weighted by atomic mass is 9.33. The van der Waals surface area contributed by atoms with Gasteiger partial charge in [0.1, 0.15) is 0 Å². The fourth-order valence-corrected chi connectivity index (χ4v) is 14.9. The van der Waals surface area contributed by atoms with Crippen molar-refractivity contribution >= 4 is 66.7 Å². The van der Waals surface area contributed by atoms with Crippen molar-refractivity contribution < 1.29 is 0 Å². The van der Waals surface area contributed by atoms with E-state index in [0.29, 0.717) is 0 Å². The van der Waals surface area contributed by atoms with Gasteiger partial charge in [-0.15, -0.1) is 0 Å². The highest BCUT2D eigenvalue weighted by molar-refractivity contribution is 7.00. The quantitative estimate of drug-likeness (QED) is 0.145. The molecule has 0 fully saturated rings. The summed E-state index contributed by atoms with van der Waals surface area (Å²) in [6.07, 6.45) is 0. The molecule has 14 rings (SSSR count). The van der Waals surface area contributed by atoms with Crippen LogP contribution in [0.5, 0.6) is 0 Å². The van der Waals surface area contributed by atoms with Crippen LogP contribution in [0, 0.1) is 0 Å². The van der Waals surface area contributed by atoms with Crippen molar-refractivity contribution in [2.24, 2.45) is 0 Å². The number of fused-ring (bicyclic) bond motifs is 14. The van der Waals surface area contributed by atoms with Gasteiger partial charge in [-0.3, -0.25) is 0 Å². The Morgan fingerprint density at radius 3 is 1.36 bits per heavy atom. The maximum Gasteiger partial charge on any atom is 0.252 e. The molecule has 3 aliphatic heterocycles. The van der Waals surface area contributed by atoms with Gasteiger partial charge >= 0.3 is 0 Å². The standard InChI is InChI=1S/C73H75BN2/c1-67(2,3)41-26-33-58-48(34-41)59-50(71(13,14)15)29-31-56-65(59)75(58)63-47(40-22-20-19-21-23-40)39-55-64-61(63)74(56)57-32-30-51(72(16,17)18)60-49-35-44(70(10,11)12)38-54(62(49)76(64)66(57)60)73(55)52-36-42(68(4,5)6)24-27-45(52)46-28-25-43(37-53(46)73)69(7,8)9/h19-39H,1-18H3. The van der Waals surface area contributed by atoms with Crippen LogP contribution in [-0.2, 0) is 37.9 Å². The van der Waals surface area contributed by atoms with Crippen LogP contribution < -0.4 is 16.4 Å². The number of hydrogen-bond donors (Lipinski definition) is 0. The molecule has 1 aliphatic carbocycles. The molecule has 0 radical (unpaired) electrons. The first-order valence-corrected chi connectivity index (χ1v) is 28.4. The van der Waals surface area contributed by atoms with Crippen molar-refractivity contribution in [3.63, 3.8) is 0 Å². The molecule has 0 saturated carbocycles. The number of hydrogen-bond acceptors (Lipinski definition) is 0. The minimum atomic E-state index is -0.666. The van der Waals surface area contributed by atoms with E-state index in [-0.39, 0.29) is 39.2 Å². The largest absolute Gasteiger partial charge is 0.310 e. The second-order valence-corrected chi connectivity index (χ2v) is 29.8. The molecule has 8 aromatic carbocycles. The third kappa shape index (κ3) is 6.01. The Labute approximate surface area is 452 Å². The van der Waals surface area contributed by atoms with E-state index in [4.69, 9.17) is 0 Å². The van der Waals surface area contributed by atoms with E-state index in [0.717, 1.165) is 0 Å². The van der Waals surface area contributed by atoms with Crippen LogP contribution in [0.15, 0.2) is 127 Å². The van der Waals surface area contributed by atoms with Crippen molar-refractivity contribution in [3.05, 3.63) is 183 Å². The second kappa shape index (κ2) is 14.5. The zero-order chi connectivity index (χ0) is 53.7. The van der Waals surface area contributed by atoms with Crippen LogP contribution in [0.4, 0.5) is 0 Å². The third-order valence-electron chi connectivity index (χ3n) is 18.8. The second-order valence-electron chi connectivity index (χ2n) is 29.8. The smallest absolute Gasteiger partial charge is 0.252 e. The van der Waals surface area contributed by atoms with Gasteiger partial charge in [0.25, 0.3) is 6.71 Å². The van der Waals surface area contributed by atoms with E-state index in [2.05, 4.69) is 261 Å². The van der Waals surface area contributed by atoms with Gasteiger partial charge in [-0.25, -0.2) is 0 Å². The minimum absolute atomic E-state index is 0.0165. The summed E-state index contributed by atoms with van der Waals surface area (Å²) in [4.78, 5) is 0. The molecule has 10 aromatic rings. The summed E-state index contributed by atoms with van der Waals surface area (Å²) in [6, 6.07) is 52.3. The van der Waals surface area contributed by atoms with Crippen LogP contribution in [-0.4, -0.2) is 15.8 Å². The molecule has 4 aliphatic rings. The summed E-state index contributed by atoms with van der Waals surface area (Å²) in [5, 5.41) is 5.56. The van der Waals surface area contributed by atoms with Gasteiger partial charge in [0, 0.05) is 43.8 Å². The van der Waals surface area contributed by atoms with E-state index in [1.165, 1.54) is 149 Å². The minimum Gasteiger partial charge on any atom is -0.310 e. The SMILES string of the molecule is CC(C)(C)c1ccc2c(c1)C1(c3cc(C(C)(C)C)ccc3-2)c2cc(-c3ccccc3)c3c4c2-n2c5c1cc(C(C)(C)C)cc5c1c(C(C)(C)C)ccc(c12)B4c1ccc(C(C)(C)C)c2c4cc(C(C)(C)C)ccc4n-3c12. The predicted molar refractivity (Wildman–Crippen MR) is 328 cm³/mol. The van der Waals surface area contributed by atoms with Crippen LogP contribution >= 0.6 is 0 Å². The molecule has 0 unspecified atom stereocenters. The van der Waals surface area contributed by atoms with Gasteiger partial charge in [-0.2, -0.15) is 0 Å². The fourth-order valence-electron chi connectivity index (χ4n) is 14.9. The highest BCUT2D eigenvalue weighted by Crippen LogP contribution is 2.64. The zero-order valence-electron chi connectivity index (χ0n) is 48.6. The molecule has 2 aromatic heterocycles. The molecule has 380 valence electrons. The Morgan fingerprint density at radius 1 is 0.355 bits per heavy atom. The van der Waals surface area contributed by atoms with Crippen LogP contribution in [0.3, 0.4) is 0 Å². The topological polar surface area (TPSA) is 9.86 Å². The van der Waals surface area contributed by atoms with Gasteiger partial charge in [0.2, 0.25) is 0 Å². The lowest BCUT2D eigenvalue weighted by Crippen LogP contribution is -2.60. The monoisotopic (exact) mass is 991 g/mol. The maximum absolute atomic E-state index is 2.84. The first-order valence-electron chi connectivity index (χ1n) is 28.4. The molecule has 0 amide bonds. The summed E-state index contributed by atoms with van der Waals surface area (Å²) >= 11 is 0. The lowest BCUT2D eigenvalue weighted by Gasteiger charge is -2.45. The van der Waals surface area contributed by atoms with Gasteiger partial charge in [0.15, 0.2) is 0 Å². The Kier molecular flexibility index (Phi) is 9.13. The van der Waals surface area contributed by atoms with Gasteiger partial charge < -0.3 is 9.13 Å².